The second-order valence-corrected chi connectivity index (χ2v) is 7.21. The van der Waals surface area contributed by atoms with Gasteiger partial charge >= 0.3 is 0 Å². The molecular weight excluding hydrogens is 328 g/mol. The number of para-hydroxylation sites is 1. The van der Waals surface area contributed by atoms with Crippen molar-refractivity contribution in [3.05, 3.63) is 84.4 Å². The first-order chi connectivity index (χ1) is 13.4. The fourth-order valence-corrected chi connectivity index (χ4v) is 4.63. The summed E-state index contributed by atoms with van der Waals surface area (Å²) in [5.41, 5.74) is 3.34. The zero-order valence-corrected chi connectivity index (χ0v) is 15.1. The number of benzene rings is 5. The highest BCUT2D eigenvalue weighted by atomic mass is 16.3. The molecule has 0 N–H and O–H groups in total. The van der Waals surface area contributed by atoms with Crippen LogP contribution in [-0.2, 0) is 6.42 Å². The third-order valence-electron chi connectivity index (χ3n) is 5.82. The topological polar surface area (TPSA) is 13.1 Å². The van der Waals surface area contributed by atoms with E-state index in [4.69, 9.17) is 4.42 Å². The van der Waals surface area contributed by atoms with E-state index in [1.807, 2.05) is 6.07 Å². The van der Waals surface area contributed by atoms with Gasteiger partial charge < -0.3 is 4.42 Å². The number of furan rings is 1. The summed E-state index contributed by atoms with van der Waals surface area (Å²) in [5, 5.41) is 10.1. The Labute approximate surface area is 156 Å². The van der Waals surface area contributed by atoms with E-state index in [0.717, 1.165) is 17.6 Å². The fourth-order valence-electron chi connectivity index (χ4n) is 4.63. The molecule has 6 aromatic rings. The minimum absolute atomic E-state index is 0.965. The molecule has 0 fully saturated rings. The summed E-state index contributed by atoms with van der Waals surface area (Å²) in [5.74, 6) is 0. The van der Waals surface area contributed by atoms with Crippen molar-refractivity contribution >= 4 is 54.3 Å². The van der Waals surface area contributed by atoms with Gasteiger partial charge in [-0.25, -0.2) is 0 Å². The Morgan fingerprint density at radius 3 is 1.85 bits per heavy atom. The Kier molecular flexibility index (Phi) is 2.93. The van der Waals surface area contributed by atoms with Crippen molar-refractivity contribution in [2.75, 3.05) is 0 Å². The molecule has 0 atom stereocenters. The smallest absolute Gasteiger partial charge is 0.144 e. The molecular formula is C26H18O. The molecule has 0 unspecified atom stereocenters. The van der Waals surface area contributed by atoms with Crippen LogP contribution in [0.2, 0.25) is 0 Å². The van der Waals surface area contributed by atoms with E-state index in [1.165, 1.54) is 48.7 Å². The third kappa shape index (κ3) is 1.89. The number of fused-ring (bicyclic) bond motifs is 10. The molecule has 0 spiro atoms. The van der Waals surface area contributed by atoms with E-state index in [0.29, 0.717) is 0 Å². The zero-order chi connectivity index (χ0) is 18.0. The molecule has 27 heavy (non-hydrogen) atoms. The van der Waals surface area contributed by atoms with Crippen molar-refractivity contribution in [3.8, 4) is 0 Å². The lowest BCUT2D eigenvalue weighted by atomic mass is 9.90. The van der Waals surface area contributed by atoms with Crippen LogP contribution < -0.4 is 0 Å². The summed E-state index contributed by atoms with van der Waals surface area (Å²) in [4.78, 5) is 0. The predicted molar refractivity (Wildman–Crippen MR) is 116 cm³/mol. The number of aryl methyl sites for hydroxylation is 1. The Hall–Kier alpha value is -3.32. The summed E-state index contributed by atoms with van der Waals surface area (Å²) in [6.45, 7) is 2.23. The average molecular weight is 346 g/mol. The maximum absolute atomic E-state index is 6.47. The van der Waals surface area contributed by atoms with Gasteiger partial charge in [-0.1, -0.05) is 73.7 Å². The highest BCUT2D eigenvalue weighted by Crippen LogP contribution is 2.43. The minimum Gasteiger partial charge on any atom is -0.455 e. The monoisotopic (exact) mass is 346 g/mol. The van der Waals surface area contributed by atoms with Gasteiger partial charge in [-0.2, -0.15) is 0 Å². The van der Waals surface area contributed by atoms with Gasteiger partial charge in [0.05, 0.1) is 0 Å². The molecule has 0 saturated heterocycles. The number of hydrogen-bond acceptors (Lipinski definition) is 1. The van der Waals surface area contributed by atoms with Crippen molar-refractivity contribution in [3.63, 3.8) is 0 Å². The standard InChI is InChI=1S/C26H18O/c1-2-16-15-22-19-11-4-3-9-17(19)18-10-5-6-12-20(18)25(22)26-24(16)21-13-7-8-14-23(21)27-26/h3-15H,2H2,1H3. The Balaban J connectivity index is 2.03. The van der Waals surface area contributed by atoms with E-state index in [1.54, 1.807) is 0 Å². The van der Waals surface area contributed by atoms with E-state index in [9.17, 15) is 0 Å². The van der Waals surface area contributed by atoms with E-state index >= 15 is 0 Å². The lowest BCUT2D eigenvalue weighted by Gasteiger charge is -2.12. The van der Waals surface area contributed by atoms with E-state index < -0.39 is 0 Å². The lowest BCUT2D eigenvalue weighted by molar-refractivity contribution is 0.672. The van der Waals surface area contributed by atoms with Crippen LogP contribution in [0.25, 0.3) is 54.3 Å². The van der Waals surface area contributed by atoms with Crippen LogP contribution in [0.3, 0.4) is 0 Å². The Morgan fingerprint density at radius 1 is 0.593 bits per heavy atom. The molecule has 0 amide bonds. The van der Waals surface area contributed by atoms with Crippen LogP contribution >= 0.6 is 0 Å². The molecule has 1 aromatic heterocycles. The molecule has 0 radical (unpaired) electrons. The highest BCUT2D eigenvalue weighted by Gasteiger charge is 2.18. The van der Waals surface area contributed by atoms with Gasteiger partial charge in [0.25, 0.3) is 0 Å². The summed E-state index contributed by atoms with van der Waals surface area (Å²) in [6.07, 6.45) is 0.983. The maximum Gasteiger partial charge on any atom is 0.144 e. The van der Waals surface area contributed by atoms with Crippen LogP contribution in [0.15, 0.2) is 83.3 Å². The molecule has 1 heteroatoms. The van der Waals surface area contributed by atoms with E-state index in [-0.39, 0.29) is 0 Å². The average Bonchev–Trinajstić information content (AvgIpc) is 3.12. The SMILES string of the molecule is CCc1cc2c3ccccc3c3ccccc3c2c2oc3ccccc3c12. The summed E-state index contributed by atoms with van der Waals surface area (Å²) >= 11 is 0. The van der Waals surface area contributed by atoms with Crippen LogP contribution in [0, 0.1) is 0 Å². The van der Waals surface area contributed by atoms with E-state index in [2.05, 4.69) is 79.7 Å². The van der Waals surface area contributed by atoms with Crippen LogP contribution in [0.1, 0.15) is 12.5 Å². The van der Waals surface area contributed by atoms with Gasteiger partial charge in [0, 0.05) is 16.2 Å². The molecule has 0 bridgehead atoms. The molecule has 0 saturated carbocycles. The minimum atomic E-state index is 0.965. The van der Waals surface area contributed by atoms with Crippen molar-refractivity contribution < 1.29 is 4.42 Å². The second-order valence-electron chi connectivity index (χ2n) is 7.21. The summed E-state index contributed by atoms with van der Waals surface area (Å²) in [6, 6.07) is 28.2. The molecule has 0 aliphatic carbocycles. The quantitative estimate of drug-likeness (QED) is 0.279. The van der Waals surface area contributed by atoms with Gasteiger partial charge in [0.2, 0.25) is 0 Å². The molecule has 128 valence electrons. The normalized spacial score (nSPS) is 12.0. The number of rotatable bonds is 1. The lowest BCUT2D eigenvalue weighted by Crippen LogP contribution is -1.88. The predicted octanol–water partition coefficient (Wildman–Crippen LogP) is 7.61. The van der Waals surface area contributed by atoms with Crippen molar-refractivity contribution in [1.82, 2.24) is 0 Å². The molecule has 0 aliphatic rings. The first-order valence-electron chi connectivity index (χ1n) is 9.53. The van der Waals surface area contributed by atoms with Gasteiger partial charge in [-0.05, 0) is 51.0 Å². The number of hydrogen-bond donors (Lipinski definition) is 0. The van der Waals surface area contributed by atoms with Crippen molar-refractivity contribution in [2.24, 2.45) is 0 Å². The zero-order valence-electron chi connectivity index (χ0n) is 15.1. The van der Waals surface area contributed by atoms with Crippen LogP contribution in [0.4, 0.5) is 0 Å². The molecule has 5 aromatic carbocycles. The molecule has 1 nitrogen and oxygen atoms in total. The Morgan fingerprint density at radius 2 is 1.15 bits per heavy atom. The van der Waals surface area contributed by atoms with Crippen LogP contribution in [0.5, 0.6) is 0 Å². The maximum atomic E-state index is 6.47. The molecule has 1 heterocycles. The second kappa shape index (κ2) is 5.34. The van der Waals surface area contributed by atoms with Gasteiger partial charge in [-0.3, -0.25) is 0 Å². The highest BCUT2D eigenvalue weighted by molar-refractivity contribution is 6.32. The fraction of sp³-hybridized carbons (Fsp3) is 0.0769. The molecule has 6 rings (SSSR count). The largest absolute Gasteiger partial charge is 0.455 e. The van der Waals surface area contributed by atoms with Gasteiger partial charge in [-0.15, -0.1) is 0 Å². The van der Waals surface area contributed by atoms with Crippen LogP contribution in [-0.4, -0.2) is 0 Å². The Bertz CT molecular complexity index is 1500. The first-order valence-corrected chi connectivity index (χ1v) is 9.53. The third-order valence-corrected chi connectivity index (χ3v) is 5.82. The van der Waals surface area contributed by atoms with Crippen molar-refractivity contribution in [1.29, 1.82) is 0 Å². The van der Waals surface area contributed by atoms with Crippen molar-refractivity contribution in [2.45, 2.75) is 13.3 Å². The van der Waals surface area contributed by atoms with Gasteiger partial charge in [0.1, 0.15) is 11.2 Å². The summed E-state index contributed by atoms with van der Waals surface area (Å²) in [7, 11) is 0. The van der Waals surface area contributed by atoms with Gasteiger partial charge in [0.15, 0.2) is 0 Å². The molecule has 0 aliphatic heterocycles. The first kappa shape index (κ1) is 14.8. The summed E-state index contributed by atoms with van der Waals surface area (Å²) < 4.78 is 6.47.